The highest BCUT2D eigenvalue weighted by molar-refractivity contribution is 6.62. The first kappa shape index (κ1) is 22.2. The van der Waals surface area contributed by atoms with E-state index in [0.717, 1.165) is 16.6 Å². The van der Waals surface area contributed by atoms with Crippen molar-refractivity contribution in [3.05, 3.63) is 29.3 Å². The second-order valence-electron chi connectivity index (χ2n) is 9.18. The Labute approximate surface area is 170 Å². The maximum absolute atomic E-state index is 13.0. The quantitative estimate of drug-likeness (QED) is 0.714. The zero-order valence-corrected chi connectivity index (χ0v) is 17.7. The first-order chi connectivity index (χ1) is 13.3. The zero-order chi connectivity index (χ0) is 21.6. The standard InChI is InChI=1S/C21H29BF3NO3/c1-14-11-15(8-9-17(14)22-28-19(2,3)20(4,5)29-22)12-18(27)26-10-6-7-16(13-26)21(23,24)25/h8-9,11,16H,6-7,10,12-13H2,1-5H3. The van der Waals surface area contributed by atoms with Crippen LogP contribution in [0.1, 0.15) is 51.7 Å². The monoisotopic (exact) mass is 411 g/mol. The van der Waals surface area contributed by atoms with Crippen LogP contribution in [-0.2, 0) is 20.5 Å². The number of carbonyl (C=O) groups excluding carboxylic acids is 1. The molecule has 2 aliphatic heterocycles. The largest absolute Gasteiger partial charge is 0.495 e. The van der Waals surface area contributed by atoms with Gasteiger partial charge in [-0.15, -0.1) is 0 Å². The van der Waals surface area contributed by atoms with E-state index in [1.807, 2.05) is 52.8 Å². The van der Waals surface area contributed by atoms with Gasteiger partial charge in [-0.1, -0.05) is 23.8 Å². The minimum Gasteiger partial charge on any atom is -0.399 e. The van der Waals surface area contributed by atoms with Crippen LogP contribution >= 0.6 is 0 Å². The van der Waals surface area contributed by atoms with Crippen molar-refractivity contribution in [1.29, 1.82) is 0 Å². The summed E-state index contributed by atoms with van der Waals surface area (Å²) in [5, 5.41) is 0. The predicted molar refractivity (Wildman–Crippen MR) is 106 cm³/mol. The van der Waals surface area contributed by atoms with Crippen molar-refractivity contribution < 1.29 is 27.3 Å². The van der Waals surface area contributed by atoms with Crippen LogP contribution in [0.5, 0.6) is 0 Å². The molecule has 2 heterocycles. The summed E-state index contributed by atoms with van der Waals surface area (Å²) in [6.07, 6.45) is -3.68. The van der Waals surface area contributed by atoms with Gasteiger partial charge in [-0.25, -0.2) is 0 Å². The van der Waals surface area contributed by atoms with Crippen LogP contribution in [0.3, 0.4) is 0 Å². The van der Waals surface area contributed by atoms with Crippen LogP contribution in [0.25, 0.3) is 0 Å². The first-order valence-corrected chi connectivity index (χ1v) is 10.1. The fourth-order valence-electron chi connectivity index (χ4n) is 3.84. The predicted octanol–water partition coefficient (Wildman–Crippen LogP) is 3.64. The molecule has 0 radical (unpaired) electrons. The van der Waals surface area contributed by atoms with E-state index >= 15 is 0 Å². The van der Waals surface area contributed by atoms with Crippen molar-refractivity contribution in [2.45, 2.75) is 71.3 Å². The molecule has 1 amide bonds. The number of hydrogen-bond donors (Lipinski definition) is 0. The van der Waals surface area contributed by atoms with Crippen LogP contribution in [-0.4, -0.2) is 48.4 Å². The molecule has 160 valence electrons. The number of alkyl halides is 3. The molecule has 2 saturated heterocycles. The number of halogens is 3. The lowest BCUT2D eigenvalue weighted by molar-refractivity contribution is -0.187. The van der Waals surface area contributed by atoms with Gasteiger partial charge in [-0.05, 0) is 58.5 Å². The van der Waals surface area contributed by atoms with Crippen molar-refractivity contribution >= 4 is 18.5 Å². The highest BCUT2D eigenvalue weighted by Gasteiger charge is 2.52. The molecule has 0 bridgehead atoms. The van der Waals surface area contributed by atoms with E-state index in [2.05, 4.69) is 0 Å². The van der Waals surface area contributed by atoms with Gasteiger partial charge in [-0.3, -0.25) is 4.79 Å². The SMILES string of the molecule is Cc1cc(CC(=O)N2CCCC(C(F)(F)F)C2)ccc1B1OC(C)(C)C(C)(C)O1. The van der Waals surface area contributed by atoms with Gasteiger partial charge >= 0.3 is 13.3 Å². The van der Waals surface area contributed by atoms with Gasteiger partial charge in [0, 0.05) is 13.1 Å². The highest BCUT2D eigenvalue weighted by Crippen LogP contribution is 2.37. The lowest BCUT2D eigenvalue weighted by Gasteiger charge is -2.33. The fraction of sp³-hybridized carbons (Fsp3) is 0.667. The summed E-state index contributed by atoms with van der Waals surface area (Å²) in [5.41, 5.74) is 1.72. The number of carbonyl (C=O) groups is 1. The maximum Gasteiger partial charge on any atom is 0.495 e. The molecular formula is C21H29BF3NO3. The van der Waals surface area contributed by atoms with Crippen molar-refractivity contribution in [2.75, 3.05) is 13.1 Å². The molecule has 3 rings (SSSR count). The molecule has 0 N–H and O–H groups in total. The van der Waals surface area contributed by atoms with E-state index in [1.165, 1.54) is 4.90 Å². The van der Waals surface area contributed by atoms with Crippen LogP contribution in [0.15, 0.2) is 18.2 Å². The average Bonchev–Trinajstić information content (AvgIpc) is 2.81. The fourth-order valence-corrected chi connectivity index (χ4v) is 3.84. The number of rotatable bonds is 3. The molecule has 8 heteroatoms. The Morgan fingerprint density at radius 3 is 2.38 bits per heavy atom. The number of benzene rings is 1. The minimum absolute atomic E-state index is 0.0923. The van der Waals surface area contributed by atoms with E-state index in [4.69, 9.17) is 9.31 Å². The van der Waals surface area contributed by atoms with Crippen LogP contribution in [0.4, 0.5) is 13.2 Å². The third-order valence-electron chi connectivity index (χ3n) is 6.43. The Morgan fingerprint density at radius 2 is 1.83 bits per heavy atom. The first-order valence-electron chi connectivity index (χ1n) is 10.1. The number of aryl methyl sites for hydroxylation is 1. The molecule has 4 nitrogen and oxygen atoms in total. The highest BCUT2D eigenvalue weighted by atomic mass is 19.4. The van der Waals surface area contributed by atoms with Crippen LogP contribution in [0.2, 0.25) is 0 Å². The summed E-state index contributed by atoms with van der Waals surface area (Å²) in [6.45, 7) is 10.0. The molecule has 1 atom stereocenters. The summed E-state index contributed by atoms with van der Waals surface area (Å²) in [4.78, 5) is 13.9. The minimum atomic E-state index is -4.25. The van der Waals surface area contributed by atoms with Crippen molar-refractivity contribution in [3.63, 3.8) is 0 Å². The third kappa shape index (κ3) is 4.63. The van der Waals surface area contributed by atoms with Crippen LogP contribution in [0, 0.1) is 12.8 Å². The summed E-state index contributed by atoms with van der Waals surface area (Å²) in [7, 11) is -0.487. The van der Waals surface area contributed by atoms with Gasteiger partial charge in [0.15, 0.2) is 0 Å². The second-order valence-corrected chi connectivity index (χ2v) is 9.18. The summed E-state index contributed by atoms with van der Waals surface area (Å²) >= 11 is 0. The van der Waals surface area contributed by atoms with E-state index in [-0.39, 0.29) is 25.3 Å². The number of hydrogen-bond acceptors (Lipinski definition) is 3. The van der Waals surface area contributed by atoms with Gasteiger partial charge in [0.1, 0.15) is 0 Å². The lowest BCUT2D eigenvalue weighted by atomic mass is 9.75. The number of likely N-dealkylation sites (tertiary alicyclic amines) is 1. The summed E-state index contributed by atoms with van der Waals surface area (Å²) in [5.74, 6) is -1.69. The molecule has 1 aromatic carbocycles. The van der Waals surface area contributed by atoms with E-state index in [0.29, 0.717) is 13.0 Å². The Bertz CT molecular complexity index is 763. The average molecular weight is 411 g/mol. The van der Waals surface area contributed by atoms with Gasteiger partial charge in [0.05, 0.1) is 23.5 Å². The number of piperidine rings is 1. The molecule has 1 unspecified atom stereocenters. The molecule has 0 aliphatic carbocycles. The smallest absolute Gasteiger partial charge is 0.399 e. The zero-order valence-electron chi connectivity index (χ0n) is 17.7. The second kappa shape index (κ2) is 7.62. The van der Waals surface area contributed by atoms with Crippen molar-refractivity contribution in [3.8, 4) is 0 Å². The Balaban J connectivity index is 1.67. The Morgan fingerprint density at radius 1 is 1.21 bits per heavy atom. The van der Waals surface area contributed by atoms with Gasteiger partial charge < -0.3 is 14.2 Å². The van der Waals surface area contributed by atoms with Gasteiger partial charge in [-0.2, -0.15) is 13.2 Å². The normalized spacial score (nSPS) is 24.1. The molecule has 29 heavy (non-hydrogen) atoms. The summed E-state index contributed by atoms with van der Waals surface area (Å²) < 4.78 is 51.2. The Hall–Kier alpha value is -1.54. The molecule has 2 fully saturated rings. The molecule has 0 spiro atoms. The van der Waals surface area contributed by atoms with E-state index in [1.54, 1.807) is 0 Å². The lowest BCUT2D eigenvalue weighted by Crippen LogP contribution is -2.45. The number of amides is 1. The molecule has 1 aromatic rings. The summed E-state index contributed by atoms with van der Waals surface area (Å²) in [6, 6.07) is 5.61. The topological polar surface area (TPSA) is 38.8 Å². The van der Waals surface area contributed by atoms with E-state index in [9.17, 15) is 18.0 Å². The van der Waals surface area contributed by atoms with Crippen molar-refractivity contribution in [2.24, 2.45) is 5.92 Å². The molecule has 0 aromatic heterocycles. The molecular weight excluding hydrogens is 382 g/mol. The Kier molecular flexibility index (Phi) is 5.82. The van der Waals surface area contributed by atoms with E-state index < -0.39 is 30.4 Å². The van der Waals surface area contributed by atoms with Gasteiger partial charge in [0.25, 0.3) is 0 Å². The van der Waals surface area contributed by atoms with Crippen molar-refractivity contribution in [1.82, 2.24) is 4.90 Å². The third-order valence-corrected chi connectivity index (χ3v) is 6.43. The van der Waals surface area contributed by atoms with Gasteiger partial charge in [0.2, 0.25) is 5.91 Å². The molecule has 2 aliphatic rings. The number of nitrogens with zero attached hydrogens (tertiary/aromatic N) is 1. The molecule has 0 saturated carbocycles. The maximum atomic E-state index is 13.0. The van der Waals surface area contributed by atoms with Crippen LogP contribution < -0.4 is 5.46 Å².